The number of halogens is 4. The van der Waals surface area contributed by atoms with E-state index in [0.717, 1.165) is 40.1 Å². The molecule has 0 spiro atoms. The third-order valence-electron chi connectivity index (χ3n) is 4.26. The van der Waals surface area contributed by atoms with Gasteiger partial charge in [0.1, 0.15) is 5.82 Å². The maximum absolute atomic E-state index is 12.6. The van der Waals surface area contributed by atoms with Crippen LogP contribution < -0.4 is 10.6 Å². The van der Waals surface area contributed by atoms with Gasteiger partial charge in [-0.2, -0.15) is 13.2 Å². The number of hydrogen-bond donors (Lipinski definition) is 2. The van der Waals surface area contributed by atoms with Gasteiger partial charge in [-0.3, -0.25) is 4.99 Å². The molecular formula is C19H24F3IN6S. The van der Waals surface area contributed by atoms with Gasteiger partial charge in [0.15, 0.2) is 11.7 Å². The number of aliphatic imine (C=N–C) groups is 1. The fourth-order valence-corrected chi connectivity index (χ4v) is 3.72. The van der Waals surface area contributed by atoms with E-state index in [-0.39, 0.29) is 24.0 Å². The SMILES string of the molecule is CCNC(=NCCc1nc(C(F)(F)F)cs1)NCCn1c(C)nc2ccccc21.I. The van der Waals surface area contributed by atoms with Gasteiger partial charge in [-0.15, -0.1) is 35.3 Å². The fraction of sp³-hybridized carbons (Fsp3) is 0.421. The minimum atomic E-state index is -4.40. The number of imidazole rings is 1. The maximum atomic E-state index is 12.6. The lowest BCUT2D eigenvalue weighted by molar-refractivity contribution is -0.140. The fourth-order valence-electron chi connectivity index (χ4n) is 2.93. The second-order valence-corrected chi connectivity index (χ2v) is 7.30. The molecule has 2 aromatic heterocycles. The van der Waals surface area contributed by atoms with Crippen molar-refractivity contribution in [2.75, 3.05) is 19.6 Å². The molecule has 1 aromatic carbocycles. The van der Waals surface area contributed by atoms with E-state index in [1.54, 1.807) is 0 Å². The number of hydrogen-bond acceptors (Lipinski definition) is 4. The Kier molecular flexibility index (Phi) is 8.89. The van der Waals surface area contributed by atoms with Gasteiger partial charge in [0.2, 0.25) is 0 Å². The van der Waals surface area contributed by atoms with Crippen LogP contribution in [-0.4, -0.2) is 40.1 Å². The molecule has 0 fully saturated rings. The molecule has 0 unspecified atom stereocenters. The maximum Gasteiger partial charge on any atom is 0.434 e. The summed E-state index contributed by atoms with van der Waals surface area (Å²) in [7, 11) is 0. The summed E-state index contributed by atoms with van der Waals surface area (Å²) in [6.07, 6.45) is -4.04. The van der Waals surface area contributed by atoms with Crippen LogP contribution in [0.5, 0.6) is 0 Å². The first-order valence-electron chi connectivity index (χ1n) is 9.34. The standard InChI is InChI=1S/C19H23F3N6S.HI/c1-3-23-18(24-9-8-17-27-16(12-29-17)19(20,21)22)25-10-11-28-13(2)26-14-6-4-5-7-15(14)28;/h4-7,12H,3,8-11H2,1-2H3,(H2,23,24,25);1H. The predicted octanol–water partition coefficient (Wildman–Crippen LogP) is 4.24. The molecule has 0 atom stereocenters. The Labute approximate surface area is 194 Å². The average Bonchev–Trinajstić information content (AvgIpc) is 3.26. The van der Waals surface area contributed by atoms with E-state index in [1.807, 2.05) is 38.1 Å². The van der Waals surface area contributed by atoms with Gasteiger partial charge in [-0.05, 0) is 26.0 Å². The first kappa shape index (κ1) is 24.4. The predicted molar refractivity (Wildman–Crippen MR) is 125 cm³/mol. The number of benzene rings is 1. The Morgan fingerprint density at radius 3 is 2.67 bits per heavy atom. The van der Waals surface area contributed by atoms with Crippen LogP contribution >= 0.6 is 35.3 Å². The molecule has 11 heteroatoms. The summed E-state index contributed by atoms with van der Waals surface area (Å²) < 4.78 is 40.0. The topological polar surface area (TPSA) is 67.1 Å². The molecular weight excluding hydrogens is 528 g/mol. The highest BCUT2D eigenvalue weighted by Crippen LogP contribution is 2.30. The molecule has 6 nitrogen and oxygen atoms in total. The highest BCUT2D eigenvalue weighted by atomic mass is 127. The summed E-state index contributed by atoms with van der Waals surface area (Å²) in [6, 6.07) is 7.98. The summed E-state index contributed by atoms with van der Waals surface area (Å²) >= 11 is 1.01. The number of thiazole rings is 1. The number of fused-ring (bicyclic) bond motifs is 1. The smallest absolute Gasteiger partial charge is 0.357 e. The van der Waals surface area contributed by atoms with Crippen LogP contribution in [0, 0.1) is 6.92 Å². The number of rotatable bonds is 7. The van der Waals surface area contributed by atoms with Crippen molar-refractivity contribution in [2.45, 2.75) is 33.0 Å². The quantitative estimate of drug-likeness (QED) is 0.262. The molecule has 164 valence electrons. The minimum absolute atomic E-state index is 0. The minimum Gasteiger partial charge on any atom is -0.357 e. The van der Waals surface area contributed by atoms with Crippen LogP contribution in [-0.2, 0) is 19.1 Å². The van der Waals surface area contributed by atoms with Crippen molar-refractivity contribution in [3.63, 3.8) is 0 Å². The van der Waals surface area contributed by atoms with Crippen molar-refractivity contribution in [1.29, 1.82) is 0 Å². The van der Waals surface area contributed by atoms with Crippen LogP contribution in [0.25, 0.3) is 11.0 Å². The monoisotopic (exact) mass is 552 g/mol. The lowest BCUT2D eigenvalue weighted by Crippen LogP contribution is -2.39. The summed E-state index contributed by atoms with van der Waals surface area (Å²) in [5.41, 5.74) is 1.21. The third kappa shape index (κ3) is 6.30. The normalized spacial score (nSPS) is 12.1. The van der Waals surface area contributed by atoms with Crippen LogP contribution in [0.4, 0.5) is 13.2 Å². The second-order valence-electron chi connectivity index (χ2n) is 6.36. The number of nitrogens with zero attached hydrogens (tertiary/aromatic N) is 4. The van der Waals surface area contributed by atoms with Crippen molar-refractivity contribution in [2.24, 2.45) is 4.99 Å². The Balaban J connectivity index is 0.00000320. The Morgan fingerprint density at radius 1 is 1.20 bits per heavy atom. The summed E-state index contributed by atoms with van der Waals surface area (Å²) in [5, 5.41) is 7.88. The van der Waals surface area contributed by atoms with Crippen LogP contribution in [0.1, 0.15) is 23.4 Å². The molecule has 0 aliphatic rings. The van der Waals surface area contributed by atoms with Gasteiger partial charge in [-0.1, -0.05) is 12.1 Å². The number of guanidine groups is 1. The lowest BCUT2D eigenvalue weighted by atomic mass is 10.3. The van der Waals surface area contributed by atoms with E-state index >= 15 is 0 Å². The summed E-state index contributed by atoms with van der Waals surface area (Å²) in [5.74, 6) is 1.57. The Morgan fingerprint density at radius 2 is 1.97 bits per heavy atom. The third-order valence-corrected chi connectivity index (χ3v) is 5.16. The van der Waals surface area contributed by atoms with E-state index in [1.165, 1.54) is 0 Å². The molecule has 3 rings (SSSR count). The largest absolute Gasteiger partial charge is 0.434 e. The first-order chi connectivity index (χ1) is 13.9. The van der Waals surface area contributed by atoms with Crippen LogP contribution in [0.15, 0.2) is 34.6 Å². The van der Waals surface area contributed by atoms with E-state index < -0.39 is 11.9 Å². The van der Waals surface area contributed by atoms with Gasteiger partial charge in [0.05, 0.1) is 16.0 Å². The molecule has 0 aliphatic carbocycles. The van der Waals surface area contributed by atoms with Crippen LogP contribution in [0.2, 0.25) is 0 Å². The van der Waals surface area contributed by atoms with E-state index in [2.05, 4.69) is 30.2 Å². The Hall–Kier alpha value is -1.89. The van der Waals surface area contributed by atoms with E-state index in [0.29, 0.717) is 37.0 Å². The summed E-state index contributed by atoms with van der Waals surface area (Å²) in [6.45, 7) is 6.34. The van der Waals surface area contributed by atoms with Gasteiger partial charge in [0.25, 0.3) is 0 Å². The van der Waals surface area contributed by atoms with E-state index in [9.17, 15) is 13.2 Å². The molecule has 0 saturated carbocycles. The molecule has 3 aromatic rings. The molecule has 30 heavy (non-hydrogen) atoms. The zero-order valence-electron chi connectivity index (χ0n) is 16.7. The van der Waals surface area contributed by atoms with Crippen molar-refractivity contribution in [1.82, 2.24) is 25.2 Å². The highest BCUT2D eigenvalue weighted by molar-refractivity contribution is 14.0. The molecule has 0 saturated heterocycles. The zero-order chi connectivity index (χ0) is 20.9. The summed E-state index contributed by atoms with van der Waals surface area (Å²) in [4.78, 5) is 12.6. The number of alkyl halides is 3. The van der Waals surface area contributed by atoms with Gasteiger partial charge >= 0.3 is 6.18 Å². The number of aryl methyl sites for hydroxylation is 1. The second kappa shape index (κ2) is 10.9. The van der Waals surface area contributed by atoms with Crippen LogP contribution in [0.3, 0.4) is 0 Å². The van der Waals surface area contributed by atoms with Crippen molar-refractivity contribution < 1.29 is 13.2 Å². The number of para-hydroxylation sites is 2. The zero-order valence-corrected chi connectivity index (χ0v) is 19.8. The number of nitrogens with one attached hydrogen (secondary N) is 2. The molecule has 0 radical (unpaired) electrons. The highest BCUT2D eigenvalue weighted by Gasteiger charge is 2.33. The average molecular weight is 552 g/mol. The van der Waals surface area contributed by atoms with Gasteiger partial charge in [-0.25, -0.2) is 9.97 Å². The van der Waals surface area contributed by atoms with Crippen molar-refractivity contribution in [3.8, 4) is 0 Å². The molecule has 0 bridgehead atoms. The van der Waals surface area contributed by atoms with Gasteiger partial charge < -0.3 is 15.2 Å². The van der Waals surface area contributed by atoms with Crippen molar-refractivity contribution >= 4 is 52.3 Å². The van der Waals surface area contributed by atoms with Crippen molar-refractivity contribution in [3.05, 3.63) is 46.2 Å². The lowest BCUT2D eigenvalue weighted by Gasteiger charge is -2.12. The van der Waals surface area contributed by atoms with E-state index in [4.69, 9.17) is 0 Å². The molecule has 2 N–H and O–H groups in total. The molecule has 0 amide bonds. The number of aromatic nitrogens is 3. The first-order valence-corrected chi connectivity index (χ1v) is 10.2. The molecule has 2 heterocycles. The Bertz CT molecular complexity index is 982. The molecule has 0 aliphatic heterocycles. The van der Waals surface area contributed by atoms with Gasteiger partial charge in [0, 0.05) is 38.0 Å².